The summed E-state index contributed by atoms with van der Waals surface area (Å²) in [7, 11) is 0. The molecule has 2 fully saturated rings. The summed E-state index contributed by atoms with van der Waals surface area (Å²) in [5, 5.41) is 4.00. The third kappa shape index (κ3) is 4.29. The average molecular weight is 338 g/mol. The molecule has 3 heterocycles. The van der Waals surface area contributed by atoms with E-state index < -0.39 is 0 Å². The van der Waals surface area contributed by atoms with Crippen LogP contribution in [0.25, 0.3) is 0 Å². The van der Waals surface area contributed by atoms with E-state index >= 15 is 0 Å². The third-order valence-electron chi connectivity index (χ3n) is 4.35. The Morgan fingerprint density at radius 2 is 2.10 bits per heavy atom. The SMILES string of the molecule is CC1CN2CCCCC2CN1Cc1noc(CN)n1.Cl.Cl. The molecule has 1 aromatic rings. The molecular weight excluding hydrogens is 313 g/mol. The van der Waals surface area contributed by atoms with Gasteiger partial charge in [0.05, 0.1) is 13.1 Å². The van der Waals surface area contributed by atoms with Gasteiger partial charge in [-0.25, -0.2) is 0 Å². The van der Waals surface area contributed by atoms with Crippen LogP contribution < -0.4 is 5.73 Å². The molecule has 0 saturated carbocycles. The number of fused-ring (bicyclic) bond motifs is 1. The molecule has 2 atom stereocenters. The zero-order chi connectivity index (χ0) is 13.2. The van der Waals surface area contributed by atoms with Crippen molar-refractivity contribution in [3.63, 3.8) is 0 Å². The molecule has 8 heteroatoms. The van der Waals surface area contributed by atoms with E-state index in [1.165, 1.54) is 25.8 Å². The highest BCUT2D eigenvalue weighted by molar-refractivity contribution is 5.85. The highest BCUT2D eigenvalue weighted by Crippen LogP contribution is 2.24. The van der Waals surface area contributed by atoms with E-state index in [4.69, 9.17) is 10.3 Å². The summed E-state index contributed by atoms with van der Waals surface area (Å²) < 4.78 is 5.07. The summed E-state index contributed by atoms with van der Waals surface area (Å²) in [5.41, 5.74) is 5.49. The maximum Gasteiger partial charge on any atom is 0.240 e. The molecule has 122 valence electrons. The van der Waals surface area contributed by atoms with Gasteiger partial charge in [-0.1, -0.05) is 11.6 Å². The predicted octanol–water partition coefficient (Wildman–Crippen LogP) is 1.43. The van der Waals surface area contributed by atoms with Crippen molar-refractivity contribution in [1.82, 2.24) is 19.9 Å². The fourth-order valence-electron chi connectivity index (χ4n) is 3.25. The molecule has 2 saturated heterocycles. The van der Waals surface area contributed by atoms with E-state index in [1.54, 1.807) is 0 Å². The van der Waals surface area contributed by atoms with Gasteiger partial charge in [-0.05, 0) is 26.3 Å². The molecule has 0 spiro atoms. The Labute approximate surface area is 138 Å². The van der Waals surface area contributed by atoms with Crippen LogP contribution in [0.1, 0.15) is 37.9 Å². The lowest BCUT2D eigenvalue weighted by molar-refractivity contribution is 0.00955. The first kappa shape index (κ1) is 18.6. The molecule has 0 radical (unpaired) electrons. The molecule has 0 aliphatic carbocycles. The summed E-state index contributed by atoms with van der Waals surface area (Å²) in [5.74, 6) is 1.29. The summed E-state index contributed by atoms with van der Waals surface area (Å²) in [6, 6.07) is 1.26. The Bertz CT molecular complexity index is 430. The Balaban J connectivity index is 0.00000110. The van der Waals surface area contributed by atoms with E-state index in [0.29, 0.717) is 24.5 Å². The number of aromatic nitrogens is 2. The second-order valence-electron chi connectivity index (χ2n) is 5.73. The Morgan fingerprint density at radius 3 is 2.81 bits per heavy atom. The normalized spacial score (nSPS) is 26.6. The smallest absolute Gasteiger partial charge is 0.240 e. The molecule has 0 amide bonds. The molecule has 0 aromatic carbocycles. The summed E-state index contributed by atoms with van der Waals surface area (Å²) in [4.78, 5) is 9.42. The van der Waals surface area contributed by atoms with Crippen molar-refractivity contribution in [2.24, 2.45) is 5.73 Å². The molecule has 2 unspecified atom stereocenters. The van der Waals surface area contributed by atoms with Crippen LogP contribution in [0.15, 0.2) is 4.52 Å². The molecule has 6 nitrogen and oxygen atoms in total. The minimum absolute atomic E-state index is 0. The van der Waals surface area contributed by atoms with E-state index in [-0.39, 0.29) is 24.8 Å². The van der Waals surface area contributed by atoms with Crippen molar-refractivity contribution in [1.29, 1.82) is 0 Å². The van der Waals surface area contributed by atoms with Crippen molar-refractivity contribution in [3.8, 4) is 0 Å². The first-order chi connectivity index (χ1) is 9.26. The molecule has 3 rings (SSSR count). The number of hydrogen-bond donors (Lipinski definition) is 1. The first-order valence-electron chi connectivity index (χ1n) is 7.26. The quantitative estimate of drug-likeness (QED) is 0.899. The number of halogens is 2. The van der Waals surface area contributed by atoms with E-state index in [2.05, 4.69) is 26.9 Å². The van der Waals surface area contributed by atoms with Gasteiger partial charge in [0, 0.05) is 25.2 Å². The molecule has 2 N–H and O–H groups in total. The van der Waals surface area contributed by atoms with Crippen LogP contribution in [0.3, 0.4) is 0 Å². The van der Waals surface area contributed by atoms with Crippen molar-refractivity contribution in [2.75, 3.05) is 19.6 Å². The van der Waals surface area contributed by atoms with Gasteiger partial charge in [-0.15, -0.1) is 24.8 Å². The van der Waals surface area contributed by atoms with Crippen LogP contribution in [-0.4, -0.2) is 51.7 Å². The molecule has 2 aliphatic rings. The Kier molecular flexibility index (Phi) is 7.36. The number of nitrogens with two attached hydrogens (primary N) is 1. The van der Waals surface area contributed by atoms with Crippen LogP contribution in [0.2, 0.25) is 0 Å². The topological polar surface area (TPSA) is 71.4 Å². The lowest BCUT2D eigenvalue weighted by Crippen LogP contribution is -2.58. The summed E-state index contributed by atoms with van der Waals surface area (Å²) >= 11 is 0. The van der Waals surface area contributed by atoms with Crippen molar-refractivity contribution >= 4 is 24.8 Å². The monoisotopic (exact) mass is 337 g/mol. The van der Waals surface area contributed by atoms with Crippen LogP contribution in [0.5, 0.6) is 0 Å². The second-order valence-corrected chi connectivity index (χ2v) is 5.73. The van der Waals surface area contributed by atoms with Crippen LogP contribution >= 0.6 is 24.8 Å². The minimum Gasteiger partial charge on any atom is -0.338 e. The highest BCUT2D eigenvalue weighted by Gasteiger charge is 2.33. The van der Waals surface area contributed by atoms with Gasteiger partial charge in [-0.3, -0.25) is 9.80 Å². The maximum absolute atomic E-state index is 5.49. The second kappa shape index (κ2) is 8.29. The molecular formula is C13H25Cl2N5O. The van der Waals surface area contributed by atoms with E-state index in [9.17, 15) is 0 Å². The fraction of sp³-hybridized carbons (Fsp3) is 0.846. The number of hydrogen-bond acceptors (Lipinski definition) is 6. The summed E-state index contributed by atoms with van der Waals surface area (Å²) in [6.45, 7) is 6.92. The van der Waals surface area contributed by atoms with Crippen LogP contribution in [0.4, 0.5) is 0 Å². The predicted molar refractivity (Wildman–Crippen MR) is 85.8 cm³/mol. The fourth-order valence-corrected chi connectivity index (χ4v) is 3.25. The molecule has 21 heavy (non-hydrogen) atoms. The number of rotatable bonds is 3. The van der Waals surface area contributed by atoms with Crippen molar-refractivity contribution in [3.05, 3.63) is 11.7 Å². The molecule has 0 bridgehead atoms. The molecule has 1 aromatic heterocycles. The van der Waals surface area contributed by atoms with Crippen molar-refractivity contribution < 1.29 is 4.52 Å². The lowest BCUT2D eigenvalue weighted by atomic mass is 9.97. The average Bonchev–Trinajstić information content (AvgIpc) is 2.87. The third-order valence-corrected chi connectivity index (χ3v) is 4.35. The first-order valence-corrected chi connectivity index (χ1v) is 7.26. The minimum atomic E-state index is 0. The largest absolute Gasteiger partial charge is 0.338 e. The van der Waals surface area contributed by atoms with E-state index in [0.717, 1.165) is 25.5 Å². The van der Waals surface area contributed by atoms with Gasteiger partial charge in [0.15, 0.2) is 5.82 Å². The Hall–Kier alpha value is -0.400. The van der Waals surface area contributed by atoms with Gasteiger partial charge in [0.2, 0.25) is 5.89 Å². The number of piperidine rings is 1. The zero-order valence-corrected chi connectivity index (χ0v) is 14.0. The highest BCUT2D eigenvalue weighted by atomic mass is 35.5. The molecule has 2 aliphatic heterocycles. The van der Waals surface area contributed by atoms with Gasteiger partial charge < -0.3 is 10.3 Å². The van der Waals surface area contributed by atoms with Crippen LogP contribution in [0, 0.1) is 0 Å². The lowest BCUT2D eigenvalue weighted by Gasteiger charge is -2.47. The van der Waals surface area contributed by atoms with Gasteiger partial charge in [0.25, 0.3) is 0 Å². The summed E-state index contributed by atoms with van der Waals surface area (Å²) in [6.07, 6.45) is 4.04. The van der Waals surface area contributed by atoms with Gasteiger partial charge >= 0.3 is 0 Å². The zero-order valence-electron chi connectivity index (χ0n) is 12.4. The number of piperazine rings is 1. The van der Waals surface area contributed by atoms with Crippen molar-refractivity contribution in [2.45, 2.75) is 51.4 Å². The van der Waals surface area contributed by atoms with Gasteiger partial charge in [-0.2, -0.15) is 4.98 Å². The maximum atomic E-state index is 5.49. The number of nitrogens with zero attached hydrogens (tertiary/aromatic N) is 4. The van der Waals surface area contributed by atoms with Gasteiger partial charge in [0.1, 0.15) is 0 Å². The standard InChI is InChI=1S/C13H23N5O.2ClH/c1-10-7-17-5-3-2-4-11(17)8-18(10)9-12-15-13(6-14)19-16-12;;/h10-11H,2-9,14H2,1H3;2*1H. The van der Waals surface area contributed by atoms with Crippen LogP contribution in [-0.2, 0) is 13.1 Å². The Morgan fingerprint density at radius 1 is 1.29 bits per heavy atom. The van der Waals surface area contributed by atoms with E-state index in [1.807, 2.05) is 0 Å².